The zero-order valence-corrected chi connectivity index (χ0v) is 6.03. The van der Waals surface area contributed by atoms with Gasteiger partial charge in [0.15, 0.2) is 0 Å². The van der Waals surface area contributed by atoms with E-state index in [4.69, 9.17) is 5.73 Å². The van der Waals surface area contributed by atoms with E-state index in [0.717, 1.165) is 0 Å². The number of hydrogen-bond acceptors (Lipinski definition) is 2. The third-order valence-corrected chi connectivity index (χ3v) is 1.85. The predicted octanol–water partition coefficient (Wildman–Crippen LogP) is 0.428. The zero-order chi connectivity index (χ0) is 6.78. The van der Waals surface area contributed by atoms with Crippen LogP contribution in [0.2, 0.25) is 0 Å². The van der Waals surface area contributed by atoms with Crippen LogP contribution in [0.4, 0.5) is 0 Å². The topological polar surface area (TPSA) is 43.1 Å². The van der Waals surface area contributed by atoms with Crippen LogP contribution in [0, 0.1) is 5.41 Å². The third-order valence-electron chi connectivity index (χ3n) is 1.06. The van der Waals surface area contributed by atoms with E-state index in [1.54, 1.807) is 13.8 Å². The monoisotopic (exact) mass is 133 g/mol. The Kier molecular flexibility index (Phi) is 2.34. The molecule has 0 rings (SSSR count). The van der Waals surface area contributed by atoms with E-state index in [0.29, 0.717) is 5.75 Å². The van der Waals surface area contributed by atoms with E-state index in [2.05, 4.69) is 12.6 Å². The van der Waals surface area contributed by atoms with E-state index in [1.807, 2.05) is 0 Å². The highest BCUT2D eigenvalue weighted by Crippen LogP contribution is 2.14. The molecule has 0 spiro atoms. The second-order valence-corrected chi connectivity index (χ2v) is 2.72. The molecule has 2 nitrogen and oxygen atoms in total. The number of carbonyl (C=O) groups is 1. The van der Waals surface area contributed by atoms with Crippen LogP contribution < -0.4 is 5.73 Å². The summed E-state index contributed by atoms with van der Waals surface area (Å²) in [7, 11) is 0. The van der Waals surface area contributed by atoms with Crippen molar-refractivity contribution in [2.45, 2.75) is 13.8 Å². The standard InChI is InChI=1S/C5H11NOS/c1-5(2,3-8)4(6)7/h8H,3H2,1-2H3,(H2,6,7). The Morgan fingerprint density at radius 1 is 1.75 bits per heavy atom. The average Bonchev–Trinajstić information content (AvgIpc) is 1.67. The first-order chi connectivity index (χ1) is 3.50. The zero-order valence-electron chi connectivity index (χ0n) is 5.14. The number of nitrogens with two attached hydrogens (primary N) is 1. The van der Waals surface area contributed by atoms with Crippen molar-refractivity contribution in [3.05, 3.63) is 0 Å². The van der Waals surface area contributed by atoms with Gasteiger partial charge in [0.25, 0.3) is 0 Å². The van der Waals surface area contributed by atoms with Gasteiger partial charge in [-0.1, -0.05) is 13.8 Å². The van der Waals surface area contributed by atoms with E-state index in [1.165, 1.54) is 0 Å². The van der Waals surface area contributed by atoms with Gasteiger partial charge in [-0.15, -0.1) is 0 Å². The minimum atomic E-state index is -0.455. The summed E-state index contributed by atoms with van der Waals surface area (Å²) >= 11 is 3.94. The molecule has 0 atom stereocenters. The Bertz CT molecular complexity index is 101. The Labute approximate surface area is 54.9 Å². The molecule has 1 amide bonds. The molecular formula is C5H11NOS. The molecule has 0 bridgehead atoms. The molecule has 0 aliphatic rings. The van der Waals surface area contributed by atoms with Crippen molar-refractivity contribution in [2.75, 3.05) is 5.75 Å². The molecule has 0 unspecified atom stereocenters. The number of thiol groups is 1. The summed E-state index contributed by atoms with van der Waals surface area (Å²) in [6.07, 6.45) is 0. The fourth-order valence-corrected chi connectivity index (χ4v) is 0.234. The molecule has 0 aliphatic carbocycles. The highest BCUT2D eigenvalue weighted by molar-refractivity contribution is 7.80. The highest BCUT2D eigenvalue weighted by atomic mass is 32.1. The normalized spacial score (nSPS) is 11.4. The van der Waals surface area contributed by atoms with Crippen LogP contribution in [0.1, 0.15) is 13.8 Å². The lowest BCUT2D eigenvalue weighted by molar-refractivity contribution is -0.124. The number of amides is 1. The van der Waals surface area contributed by atoms with Gasteiger partial charge >= 0.3 is 0 Å². The molecule has 2 N–H and O–H groups in total. The van der Waals surface area contributed by atoms with E-state index in [-0.39, 0.29) is 5.91 Å². The van der Waals surface area contributed by atoms with Gasteiger partial charge in [0, 0.05) is 5.75 Å². The molecule has 0 radical (unpaired) electrons. The molecule has 0 aromatic carbocycles. The lowest BCUT2D eigenvalue weighted by atomic mass is 9.96. The SMILES string of the molecule is CC(C)(CS)C(N)=O. The van der Waals surface area contributed by atoms with Crippen LogP contribution in [0.3, 0.4) is 0 Å². The molecule has 0 saturated carbocycles. The first-order valence-electron chi connectivity index (χ1n) is 2.41. The first-order valence-corrected chi connectivity index (χ1v) is 3.05. The number of hydrogen-bond donors (Lipinski definition) is 2. The van der Waals surface area contributed by atoms with Crippen LogP contribution in [-0.4, -0.2) is 11.7 Å². The van der Waals surface area contributed by atoms with Gasteiger partial charge < -0.3 is 5.73 Å². The fourth-order valence-electron chi connectivity index (χ4n) is 0.0779. The van der Waals surface area contributed by atoms with Crippen molar-refractivity contribution in [3.8, 4) is 0 Å². The maximum absolute atomic E-state index is 10.4. The minimum Gasteiger partial charge on any atom is -0.369 e. The molecule has 48 valence electrons. The molecule has 3 heteroatoms. The molecule has 0 aromatic rings. The highest BCUT2D eigenvalue weighted by Gasteiger charge is 2.21. The summed E-state index contributed by atoms with van der Waals surface area (Å²) in [5, 5.41) is 0. The van der Waals surface area contributed by atoms with Gasteiger partial charge in [-0.25, -0.2) is 0 Å². The van der Waals surface area contributed by atoms with E-state index in [9.17, 15) is 4.79 Å². The van der Waals surface area contributed by atoms with Crippen LogP contribution in [-0.2, 0) is 4.79 Å². The smallest absolute Gasteiger partial charge is 0.223 e. The molecule has 0 saturated heterocycles. The van der Waals surface area contributed by atoms with Crippen LogP contribution in [0.25, 0.3) is 0 Å². The largest absolute Gasteiger partial charge is 0.369 e. The summed E-state index contributed by atoms with van der Waals surface area (Å²) < 4.78 is 0. The number of primary amides is 1. The summed E-state index contributed by atoms with van der Waals surface area (Å²) in [6.45, 7) is 3.53. The molecule has 0 aromatic heterocycles. The summed E-state index contributed by atoms with van der Waals surface area (Å²) in [4.78, 5) is 10.4. The van der Waals surface area contributed by atoms with Crippen molar-refractivity contribution in [1.29, 1.82) is 0 Å². The molecule has 0 aliphatic heterocycles. The molecular weight excluding hydrogens is 122 g/mol. The Morgan fingerprint density at radius 3 is 2.12 bits per heavy atom. The van der Waals surface area contributed by atoms with Gasteiger partial charge in [0.05, 0.1) is 5.41 Å². The van der Waals surface area contributed by atoms with Crippen molar-refractivity contribution >= 4 is 18.5 Å². The van der Waals surface area contributed by atoms with Crippen LogP contribution >= 0.6 is 12.6 Å². The van der Waals surface area contributed by atoms with Gasteiger partial charge in [-0.05, 0) is 0 Å². The Hall–Kier alpha value is -0.180. The second-order valence-electron chi connectivity index (χ2n) is 2.41. The van der Waals surface area contributed by atoms with E-state index >= 15 is 0 Å². The summed E-state index contributed by atoms with van der Waals surface area (Å²) in [6, 6.07) is 0. The Morgan fingerprint density at radius 2 is 2.12 bits per heavy atom. The Balaban J connectivity index is 3.91. The van der Waals surface area contributed by atoms with Crippen molar-refractivity contribution in [3.63, 3.8) is 0 Å². The van der Waals surface area contributed by atoms with Gasteiger partial charge in [-0.2, -0.15) is 12.6 Å². The van der Waals surface area contributed by atoms with Crippen molar-refractivity contribution in [1.82, 2.24) is 0 Å². The molecule has 8 heavy (non-hydrogen) atoms. The number of carbonyl (C=O) groups excluding carboxylic acids is 1. The van der Waals surface area contributed by atoms with E-state index < -0.39 is 5.41 Å². The first kappa shape index (κ1) is 7.82. The second kappa shape index (κ2) is 2.40. The fraction of sp³-hybridized carbons (Fsp3) is 0.800. The quantitative estimate of drug-likeness (QED) is 0.527. The maximum atomic E-state index is 10.4. The number of rotatable bonds is 2. The third kappa shape index (κ3) is 1.74. The molecule has 0 heterocycles. The minimum absolute atomic E-state index is 0.299. The summed E-state index contributed by atoms with van der Waals surface area (Å²) in [5.74, 6) is 0.204. The van der Waals surface area contributed by atoms with Gasteiger partial charge in [-0.3, -0.25) is 4.79 Å². The van der Waals surface area contributed by atoms with Gasteiger partial charge in [0.1, 0.15) is 0 Å². The van der Waals surface area contributed by atoms with Crippen LogP contribution in [0.15, 0.2) is 0 Å². The van der Waals surface area contributed by atoms with Crippen molar-refractivity contribution in [2.24, 2.45) is 11.1 Å². The summed E-state index contributed by atoms with van der Waals surface area (Å²) in [5.41, 5.74) is 4.54. The predicted molar refractivity (Wildman–Crippen MR) is 36.8 cm³/mol. The van der Waals surface area contributed by atoms with Gasteiger partial charge in [0.2, 0.25) is 5.91 Å². The average molecular weight is 133 g/mol. The lowest BCUT2D eigenvalue weighted by Gasteiger charge is -2.15. The van der Waals surface area contributed by atoms with Crippen LogP contribution in [0.5, 0.6) is 0 Å². The van der Waals surface area contributed by atoms with Crippen molar-refractivity contribution < 1.29 is 4.79 Å². The molecule has 0 fully saturated rings. The maximum Gasteiger partial charge on any atom is 0.223 e. The lowest BCUT2D eigenvalue weighted by Crippen LogP contribution is -2.32.